The highest BCUT2D eigenvalue weighted by Crippen LogP contribution is 2.23. The molecular formula is C12H14ClN3O3. The predicted octanol–water partition coefficient (Wildman–Crippen LogP) is 1.10. The Morgan fingerprint density at radius 2 is 2.32 bits per heavy atom. The molecule has 2 rings (SSSR count). The summed E-state index contributed by atoms with van der Waals surface area (Å²) in [5, 5.41) is 2.85. The fraction of sp³-hybridized carbons (Fsp3) is 0.333. The van der Waals surface area contributed by atoms with E-state index in [9.17, 15) is 9.59 Å². The number of anilines is 1. The summed E-state index contributed by atoms with van der Waals surface area (Å²) >= 11 is 5.92. The Kier molecular flexibility index (Phi) is 4.11. The number of hydrogen-bond acceptors (Lipinski definition) is 4. The van der Waals surface area contributed by atoms with Crippen molar-refractivity contribution >= 4 is 29.3 Å². The van der Waals surface area contributed by atoms with E-state index in [2.05, 4.69) is 5.32 Å². The summed E-state index contributed by atoms with van der Waals surface area (Å²) in [6.45, 7) is 1.72. The third-order valence-electron chi connectivity index (χ3n) is 2.79. The fourth-order valence-corrected chi connectivity index (χ4v) is 1.96. The summed E-state index contributed by atoms with van der Waals surface area (Å²) in [7, 11) is 0. The minimum Gasteiger partial charge on any atom is -0.460 e. The van der Waals surface area contributed by atoms with E-state index in [0.29, 0.717) is 25.3 Å². The van der Waals surface area contributed by atoms with Crippen molar-refractivity contribution in [3.05, 3.63) is 28.8 Å². The van der Waals surface area contributed by atoms with Gasteiger partial charge in [-0.05, 0) is 12.1 Å². The number of amides is 2. The molecule has 6 nitrogen and oxygen atoms in total. The van der Waals surface area contributed by atoms with Gasteiger partial charge >= 0.3 is 12.0 Å². The number of carbonyl (C=O) groups is 2. The molecule has 3 N–H and O–H groups in total. The Balaban J connectivity index is 1.87. The maximum Gasteiger partial charge on any atom is 0.339 e. The first-order chi connectivity index (χ1) is 9.09. The summed E-state index contributed by atoms with van der Waals surface area (Å²) in [5.74, 6) is -0.545. The average Bonchev–Trinajstić information content (AvgIpc) is 2.78. The molecule has 102 valence electrons. The van der Waals surface area contributed by atoms with Crippen LogP contribution in [0.2, 0.25) is 5.02 Å². The first-order valence-corrected chi connectivity index (χ1v) is 6.21. The van der Waals surface area contributed by atoms with Crippen LogP contribution in [0.15, 0.2) is 18.2 Å². The molecule has 0 bridgehead atoms. The van der Waals surface area contributed by atoms with Gasteiger partial charge in [0.2, 0.25) is 0 Å². The molecule has 0 unspecified atom stereocenters. The van der Waals surface area contributed by atoms with Crippen molar-refractivity contribution in [2.75, 3.05) is 32.0 Å². The number of nitrogens with zero attached hydrogens (tertiary/aromatic N) is 1. The van der Waals surface area contributed by atoms with Crippen LogP contribution in [-0.2, 0) is 4.74 Å². The van der Waals surface area contributed by atoms with E-state index in [1.54, 1.807) is 23.1 Å². The Hall–Kier alpha value is -1.95. The molecule has 0 spiro atoms. The molecule has 1 heterocycles. The number of nitrogen functional groups attached to an aromatic ring is 1. The molecule has 1 aliphatic heterocycles. The maximum atomic E-state index is 11.8. The van der Waals surface area contributed by atoms with Gasteiger partial charge in [0.25, 0.3) is 0 Å². The number of esters is 1. The lowest BCUT2D eigenvalue weighted by molar-refractivity contribution is 0.0482. The van der Waals surface area contributed by atoms with Gasteiger partial charge in [0.05, 0.1) is 22.8 Å². The van der Waals surface area contributed by atoms with Crippen molar-refractivity contribution in [1.82, 2.24) is 10.2 Å². The molecular weight excluding hydrogens is 270 g/mol. The van der Waals surface area contributed by atoms with Crippen LogP contribution in [0.3, 0.4) is 0 Å². The molecule has 1 saturated heterocycles. The van der Waals surface area contributed by atoms with Crippen molar-refractivity contribution in [1.29, 1.82) is 0 Å². The van der Waals surface area contributed by atoms with Gasteiger partial charge in [0.1, 0.15) is 6.61 Å². The lowest BCUT2D eigenvalue weighted by Gasteiger charge is -2.14. The quantitative estimate of drug-likeness (QED) is 0.640. The highest BCUT2D eigenvalue weighted by molar-refractivity contribution is 6.36. The Morgan fingerprint density at radius 1 is 1.53 bits per heavy atom. The van der Waals surface area contributed by atoms with E-state index < -0.39 is 5.97 Å². The van der Waals surface area contributed by atoms with Gasteiger partial charge < -0.3 is 20.7 Å². The highest BCUT2D eigenvalue weighted by Gasteiger charge is 2.20. The molecule has 2 amide bonds. The van der Waals surface area contributed by atoms with E-state index in [-0.39, 0.29) is 23.2 Å². The summed E-state index contributed by atoms with van der Waals surface area (Å²) in [4.78, 5) is 24.6. The molecule has 19 heavy (non-hydrogen) atoms. The zero-order chi connectivity index (χ0) is 13.8. The van der Waals surface area contributed by atoms with Crippen molar-refractivity contribution in [2.24, 2.45) is 0 Å². The van der Waals surface area contributed by atoms with Crippen molar-refractivity contribution in [3.8, 4) is 0 Å². The number of carbonyl (C=O) groups excluding carboxylic acids is 2. The predicted molar refractivity (Wildman–Crippen MR) is 71.1 cm³/mol. The molecule has 1 fully saturated rings. The summed E-state index contributed by atoms with van der Waals surface area (Å²) in [5.41, 5.74) is 6.16. The molecule has 0 radical (unpaired) electrons. The van der Waals surface area contributed by atoms with E-state index >= 15 is 0 Å². The first kappa shape index (κ1) is 13.5. The van der Waals surface area contributed by atoms with Gasteiger partial charge in [-0.25, -0.2) is 9.59 Å². The topological polar surface area (TPSA) is 84.7 Å². The van der Waals surface area contributed by atoms with Crippen LogP contribution in [0.25, 0.3) is 0 Å². The molecule has 1 aromatic carbocycles. The van der Waals surface area contributed by atoms with Gasteiger partial charge in [0, 0.05) is 13.1 Å². The van der Waals surface area contributed by atoms with Crippen LogP contribution in [0.1, 0.15) is 10.4 Å². The van der Waals surface area contributed by atoms with Gasteiger partial charge in [-0.2, -0.15) is 0 Å². The molecule has 0 aromatic heterocycles. The summed E-state index contributed by atoms with van der Waals surface area (Å²) in [6, 6.07) is 4.64. The second-order valence-electron chi connectivity index (χ2n) is 4.06. The molecule has 0 atom stereocenters. The number of rotatable bonds is 4. The van der Waals surface area contributed by atoms with Gasteiger partial charge in [-0.3, -0.25) is 0 Å². The lowest BCUT2D eigenvalue weighted by atomic mass is 10.2. The van der Waals surface area contributed by atoms with Gasteiger partial charge in [-0.15, -0.1) is 0 Å². The summed E-state index contributed by atoms with van der Waals surface area (Å²) < 4.78 is 5.07. The maximum absolute atomic E-state index is 11.8. The Labute approximate surface area is 115 Å². The van der Waals surface area contributed by atoms with Gasteiger partial charge in [0.15, 0.2) is 0 Å². The highest BCUT2D eigenvalue weighted by atomic mass is 35.5. The second-order valence-corrected chi connectivity index (χ2v) is 4.44. The van der Waals surface area contributed by atoms with Crippen LogP contribution >= 0.6 is 11.6 Å². The average molecular weight is 284 g/mol. The van der Waals surface area contributed by atoms with Crippen molar-refractivity contribution < 1.29 is 14.3 Å². The van der Waals surface area contributed by atoms with E-state index in [0.717, 1.165) is 0 Å². The number of halogens is 1. The monoisotopic (exact) mass is 283 g/mol. The Bertz CT molecular complexity index is 507. The van der Waals surface area contributed by atoms with Crippen LogP contribution in [0.4, 0.5) is 10.5 Å². The fourth-order valence-electron chi connectivity index (χ4n) is 1.76. The number of nitrogens with two attached hydrogens (primary N) is 1. The van der Waals surface area contributed by atoms with Crippen molar-refractivity contribution in [3.63, 3.8) is 0 Å². The van der Waals surface area contributed by atoms with Crippen molar-refractivity contribution in [2.45, 2.75) is 0 Å². The zero-order valence-corrected chi connectivity index (χ0v) is 10.9. The van der Waals surface area contributed by atoms with Gasteiger partial charge in [-0.1, -0.05) is 17.7 Å². The molecule has 0 saturated carbocycles. The molecule has 1 aromatic rings. The number of nitrogens with one attached hydrogen (secondary N) is 1. The van der Waals surface area contributed by atoms with Crippen LogP contribution in [-0.4, -0.2) is 43.1 Å². The van der Waals surface area contributed by atoms with E-state index in [4.69, 9.17) is 22.1 Å². The minimum atomic E-state index is -0.545. The zero-order valence-electron chi connectivity index (χ0n) is 10.2. The number of ether oxygens (including phenoxy) is 1. The SMILES string of the molecule is Nc1cccc(C(=O)OCCN2CCNC2=O)c1Cl. The second kappa shape index (κ2) is 5.79. The van der Waals surface area contributed by atoms with Crippen LogP contribution in [0.5, 0.6) is 0 Å². The van der Waals surface area contributed by atoms with E-state index in [1.165, 1.54) is 0 Å². The third kappa shape index (κ3) is 3.08. The molecule has 1 aliphatic rings. The largest absolute Gasteiger partial charge is 0.460 e. The third-order valence-corrected chi connectivity index (χ3v) is 3.21. The normalized spacial score (nSPS) is 14.4. The molecule has 0 aliphatic carbocycles. The Morgan fingerprint density at radius 3 is 3.00 bits per heavy atom. The number of benzene rings is 1. The summed E-state index contributed by atoms with van der Waals surface area (Å²) in [6.07, 6.45) is 0. The van der Waals surface area contributed by atoms with Crippen LogP contribution < -0.4 is 11.1 Å². The first-order valence-electron chi connectivity index (χ1n) is 5.83. The molecule has 7 heteroatoms. The number of hydrogen-bond donors (Lipinski definition) is 2. The lowest BCUT2D eigenvalue weighted by Crippen LogP contribution is -2.31. The van der Waals surface area contributed by atoms with E-state index in [1.807, 2.05) is 0 Å². The van der Waals surface area contributed by atoms with Crippen LogP contribution in [0, 0.1) is 0 Å². The minimum absolute atomic E-state index is 0.122. The number of urea groups is 1. The smallest absolute Gasteiger partial charge is 0.339 e. The standard InChI is InChI=1S/C12H14ClN3O3/c13-10-8(2-1-3-9(10)14)11(17)19-7-6-16-5-4-15-12(16)18/h1-3H,4-7,14H2,(H,15,18).